The van der Waals surface area contributed by atoms with Crippen LogP contribution in [-0.2, 0) is 0 Å². The maximum absolute atomic E-state index is 3.89. The van der Waals surface area contributed by atoms with Crippen molar-refractivity contribution in [1.82, 2.24) is 0 Å². The van der Waals surface area contributed by atoms with Crippen molar-refractivity contribution in [3.63, 3.8) is 0 Å². The monoisotopic (exact) mass is 441 g/mol. The number of benzene rings is 2. The van der Waals surface area contributed by atoms with Crippen molar-refractivity contribution in [3.8, 4) is 0 Å². The Morgan fingerprint density at radius 3 is 2.25 bits per heavy atom. The first-order valence-corrected chi connectivity index (χ1v) is 8.31. The largest absolute Gasteiger partial charge is 0.337 e. The summed E-state index contributed by atoms with van der Waals surface area (Å²) >= 11 is 5.87. The molecule has 0 saturated carbocycles. The summed E-state index contributed by atoms with van der Waals surface area (Å²) in [5, 5.41) is 0. The average Bonchev–Trinajstić information content (AvgIpc) is 2.37. The van der Waals surface area contributed by atoms with E-state index in [4.69, 9.17) is 0 Å². The van der Waals surface area contributed by atoms with Gasteiger partial charge in [-0.15, -0.1) is 6.58 Å². The molecule has 0 bridgehead atoms. The maximum Gasteiger partial charge on any atom is 0.0444 e. The lowest BCUT2D eigenvalue weighted by Gasteiger charge is -2.27. The third kappa shape index (κ3) is 3.44. The highest BCUT2D eigenvalue weighted by Crippen LogP contribution is 2.32. The lowest BCUT2D eigenvalue weighted by Crippen LogP contribution is -2.18. The summed E-state index contributed by atoms with van der Waals surface area (Å²) in [5.74, 6) is 0. The lowest BCUT2D eigenvalue weighted by molar-refractivity contribution is 1.07. The smallest absolute Gasteiger partial charge is 0.0444 e. The summed E-state index contributed by atoms with van der Waals surface area (Å²) in [7, 11) is 0. The van der Waals surface area contributed by atoms with Crippen LogP contribution in [0.2, 0.25) is 0 Å². The lowest BCUT2D eigenvalue weighted by atomic mass is 10.1. The molecule has 0 fully saturated rings. The molecule has 0 spiro atoms. The Kier molecular flexibility index (Phi) is 5.27. The fraction of sp³-hybridized carbons (Fsp3) is 0.176. The SMILES string of the molecule is C=CCN(c1ccc(Br)cc1C)c1ccc(I)cc1C. The Bertz CT molecular complexity index is 585. The Morgan fingerprint density at radius 1 is 1.10 bits per heavy atom. The quantitative estimate of drug-likeness (QED) is 0.415. The number of aryl methyl sites for hydroxylation is 2. The van der Waals surface area contributed by atoms with E-state index < -0.39 is 0 Å². The van der Waals surface area contributed by atoms with E-state index in [-0.39, 0.29) is 0 Å². The predicted molar refractivity (Wildman–Crippen MR) is 100.0 cm³/mol. The highest BCUT2D eigenvalue weighted by molar-refractivity contribution is 14.1. The van der Waals surface area contributed by atoms with E-state index in [0.717, 1.165) is 11.0 Å². The normalized spacial score (nSPS) is 10.4. The molecule has 0 N–H and O–H groups in total. The van der Waals surface area contributed by atoms with E-state index in [1.807, 2.05) is 6.08 Å². The highest BCUT2D eigenvalue weighted by Gasteiger charge is 2.13. The molecule has 2 rings (SSSR count). The van der Waals surface area contributed by atoms with Crippen LogP contribution in [-0.4, -0.2) is 6.54 Å². The van der Waals surface area contributed by atoms with E-state index in [9.17, 15) is 0 Å². The molecule has 1 nitrogen and oxygen atoms in total. The second-order valence-electron chi connectivity index (χ2n) is 4.76. The van der Waals surface area contributed by atoms with Crippen molar-refractivity contribution >= 4 is 49.9 Å². The molecule has 0 aromatic heterocycles. The molecule has 0 saturated heterocycles. The summed E-state index contributed by atoms with van der Waals surface area (Å²) in [6.45, 7) is 8.98. The molecule has 3 heteroatoms. The molecule has 104 valence electrons. The molecule has 0 heterocycles. The number of anilines is 2. The zero-order valence-electron chi connectivity index (χ0n) is 11.7. The molecule has 0 aliphatic rings. The minimum Gasteiger partial charge on any atom is -0.337 e. The van der Waals surface area contributed by atoms with Crippen LogP contribution in [0.4, 0.5) is 11.4 Å². The van der Waals surface area contributed by atoms with Gasteiger partial charge in [0, 0.05) is 26.0 Å². The first-order valence-electron chi connectivity index (χ1n) is 6.43. The Hall–Kier alpha value is -0.810. The Labute approximate surface area is 143 Å². The van der Waals surface area contributed by atoms with Gasteiger partial charge in [-0.3, -0.25) is 0 Å². The van der Waals surface area contributed by atoms with Crippen molar-refractivity contribution in [2.75, 3.05) is 11.4 Å². The van der Waals surface area contributed by atoms with Gasteiger partial charge < -0.3 is 4.90 Å². The van der Waals surface area contributed by atoms with Gasteiger partial charge in [0.05, 0.1) is 0 Å². The second kappa shape index (κ2) is 6.76. The molecule has 0 radical (unpaired) electrons. The molecule has 0 unspecified atom stereocenters. The van der Waals surface area contributed by atoms with E-state index in [1.165, 1.54) is 26.1 Å². The molecule has 2 aromatic rings. The topological polar surface area (TPSA) is 3.24 Å². The first kappa shape index (κ1) is 15.6. The van der Waals surface area contributed by atoms with Crippen LogP contribution in [0.3, 0.4) is 0 Å². The number of hydrogen-bond acceptors (Lipinski definition) is 1. The van der Waals surface area contributed by atoms with E-state index in [1.54, 1.807) is 0 Å². The zero-order chi connectivity index (χ0) is 14.7. The Morgan fingerprint density at radius 2 is 1.70 bits per heavy atom. The molecular formula is C17H17BrIN. The van der Waals surface area contributed by atoms with Gasteiger partial charge in [-0.05, 0) is 84.0 Å². The van der Waals surface area contributed by atoms with Gasteiger partial charge in [0.25, 0.3) is 0 Å². The third-order valence-corrected chi connectivity index (χ3v) is 4.38. The number of halogens is 2. The molecule has 20 heavy (non-hydrogen) atoms. The van der Waals surface area contributed by atoms with Crippen molar-refractivity contribution in [3.05, 3.63) is 68.2 Å². The summed E-state index contributed by atoms with van der Waals surface area (Å²) in [4.78, 5) is 2.31. The first-order chi connectivity index (χ1) is 9.52. The predicted octanol–water partition coefficient (Wildman–Crippen LogP) is 5.99. The van der Waals surface area contributed by atoms with Crippen molar-refractivity contribution < 1.29 is 0 Å². The van der Waals surface area contributed by atoms with Gasteiger partial charge in [-0.1, -0.05) is 22.0 Å². The fourth-order valence-corrected chi connectivity index (χ4v) is 3.42. The molecule has 0 aliphatic carbocycles. The van der Waals surface area contributed by atoms with E-state index in [0.29, 0.717) is 0 Å². The van der Waals surface area contributed by atoms with Crippen LogP contribution in [0, 0.1) is 17.4 Å². The molecule has 0 aliphatic heterocycles. The second-order valence-corrected chi connectivity index (χ2v) is 6.92. The van der Waals surface area contributed by atoms with E-state index in [2.05, 4.69) is 100 Å². The highest BCUT2D eigenvalue weighted by atomic mass is 127. The zero-order valence-corrected chi connectivity index (χ0v) is 15.4. The van der Waals surface area contributed by atoms with Gasteiger partial charge in [0.15, 0.2) is 0 Å². The average molecular weight is 442 g/mol. The van der Waals surface area contributed by atoms with Crippen molar-refractivity contribution in [1.29, 1.82) is 0 Å². The molecule has 0 amide bonds. The van der Waals surface area contributed by atoms with Crippen LogP contribution in [0.5, 0.6) is 0 Å². The summed E-state index contributed by atoms with van der Waals surface area (Å²) in [6, 6.07) is 12.9. The molecular weight excluding hydrogens is 425 g/mol. The van der Waals surface area contributed by atoms with Gasteiger partial charge >= 0.3 is 0 Å². The van der Waals surface area contributed by atoms with Crippen molar-refractivity contribution in [2.45, 2.75) is 13.8 Å². The van der Waals surface area contributed by atoms with Crippen LogP contribution in [0.25, 0.3) is 0 Å². The standard InChI is InChI=1S/C17H17BrIN/c1-4-9-20(16-7-5-14(18)10-12(16)2)17-8-6-15(19)11-13(17)3/h4-8,10-11H,1,9H2,2-3H3. The molecule has 0 atom stereocenters. The van der Waals surface area contributed by atoms with E-state index >= 15 is 0 Å². The van der Waals surface area contributed by atoms with Gasteiger partial charge in [-0.2, -0.15) is 0 Å². The molecule has 2 aromatic carbocycles. The number of hydrogen-bond donors (Lipinski definition) is 0. The summed E-state index contributed by atoms with van der Waals surface area (Å²) in [6.07, 6.45) is 1.94. The van der Waals surface area contributed by atoms with Crippen LogP contribution in [0.1, 0.15) is 11.1 Å². The van der Waals surface area contributed by atoms with Crippen LogP contribution < -0.4 is 4.90 Å². The van der Waals surface area contributed by atoms with Gasteiger partial charge in [0.1, 0.15) is 0 Å². The summed E-state index contributed by atoms with van der Waals surface area (Å²) in [5.41, 5.74) is 4.98. The Balaban J connectivity index is 2.52. The maximum atomic E-state index is 3.89. The third-order valence-electron chi connectivity index (χ3n) is 3.21. The minimum absolute atomic E-state index is 0.796. The van der Waals surface area contributed by atoms with Crippen molar-refractivity contribution in [2.24, 2.45) is 0 Å². The number of nitrogens with zero attached hydrogens (tertiary/aromatic N) is 1. The van der Waals surface area contributed by atoms with Crippen LogP contribution >= 0.6 is 38.5 Å². The number of rotatable bonds is 4. The summed E-state index contributed by atoms with van der Waals surface area (Å²) < 4.78 is 2.37. The fourth-order valence-electron chi connectivity index (χ4n) is 2.30. The van der Waals surface area contributed by atoms with Gasteiger partial charge in [0.2, 0.25) is 0 Å². The minimum atomic E-state index is 0.796. The van der Waals surface area contributed by atoms with Gasteiger partial charge in [-0.25, -0.2) is 0 Å². The van der Waals surface area contributed by atoms with Crippen LogP contribution in [0.15, 0.2) is 53.5 Å².